The topological polar surface area (TPSA) is 44.4 Å². The number of nitrogens with zero attached hydrogens (tertiary/aromatic N) is 1. The molecular weight excluding hydrogens is 146 g/mol. The first-order valence-electron chi connectivity index (χ1n) is 2.76. The van der Waals surface area contributed by atoms with Gasteiger partial charge in [0, 0.05) is 11.6 Å². The van der Waals surface area contributed by atoms with Gasteiger partial charge in [0.2, 0.25) is 0 Å². The summed E-state index contributed by atoms with van der Waals surface area (Å²) >= 11 is 1.54. The summed E-state index contributed by atoms with van der Waals surface area (Å²) in [6.07, 6.45) is 1.89. The first-order valence-corrected chi connectivity index (χ1v) is 3.53. The summed E-state index contributed by atoms with van der Waals surface area (Å²) < 4.78 is 5.30. The van der Waals surface area contributed by atoms with Crippen LogP contribution in [0, 0.1) is 0 Å². The lowest BCUT2D eigenvalue weighted by Gasteiger charge is -1.80. The second-order valence-corrected chi connectivity index (χ2v) is 2.70. The normalized spacial score (nSPS) is 9.20. The molecule has 0 spiro atoms. The van der Waals surface area contributed by atoms with Crippen molar-refractivity contribution in [3.8, 4) is 0 Å². The van der Waals surface area contributed by atoms with Crippen molar-refractivity contribution < 1.29 is 5.48 Å². The molecule has 2 rings (SSSR count). The van der Waals surface area contributed by atoms with Gasteiger partial charge >= 0.3 is 0 Å². The molecule has 0 fully saturated rings. The fraction of sp³-hybridized carbons (Fsp3) is 0. The van der Waals surface area contributed by atoms with Gasteiger partial charge in [0.25, 0.3) is 0 Å². The Bertz CT molecular complexity index is 288. The van der Waals surface area contributed by atoms with E-state index in [1.807, 2.05) is 18.3 Å². The number of benzene rings is 1. The fourth-order valence-electron chi connectivity index (χ4n) is 0.810. The predicted molar refractivity (Wildman–Crippen MR) is 43.2 cm³/mol. The molecule has 2 aromatic rings. The number of aromatic nitrogens is 1. The van der Waals surface area contributed by atoms with Gasteiger partial charge in [0.15, 0.2) is 0 Å². The summed E-state index contributed by atoms with van der Waals surface area (Å²) in [5.41, 5.74) is 0. The van der Waals surface area contributed by atoms with Crippen LogP contribution in [0.3, 0.4) is 0 Å². The molecule has 10 heavy (non-hydrogen) atoms. The predicted octanol–water partition coefficient (Wildman–Crippen LogP) is 1.47. The second-order valence-electron chi connectivity index (χ2n) is 1.86. The maximum atomic E-state index is 4.04. The van der Waals surface area contributed by atoms with Gasteiger partial charge < -0.3 is 5.48 Å². The van der Waals surface area contributed by atoms with Gasteiger partial charge in [-0.1, -0.05) is 18.2 Å². The summed E-state index contributed by atoms with van der Waals surface area (Å²) in [7, 11) is 0. The van der Waals surface area contributed by atoms with Crippen molar-refractivity contribution in [1.29, 1.82) is 0 Å². The van der Waals surface area contributed by atoms with E-state index >= 15 is 0 Å². The van der Waals surface area contributed by atoms with Gasteiger partial charge in [-0.25, -0.2) is 0 Å². The van der Waals surface area contributed by atoms with E-state index in [0.29, 0.717) is 0 Å². The molecule has 0 atom stereocenters. The average molecular weight is 153 g/mol. The average Bonchev–Trinajstić information content (AvgIpc) is 2.33. The lowest BCUT2D eigenvalue weighted by molar-refractivity contribution is 0.824. The maximum absolute atomic E-state index is 4.04. The van der Waals surface area contributed by atoms with Gasteiger partial charge in [-0.2, -0.15) is 4.37 Å². The fourth-order valence-corrected chi connectivity index (χ4v) is 1.46. The monoisotopic (exact) mass is 153 g/mol. The van der Waals surface area contributed by atoms with E-state index in [0.717, 1.165) is 0 Å². The Balaban J connectivity index is 0.000000500. The van der Waals surface area contributed by atoms with E-state index < -0.39 is 0 Å². The third kappa shape index (κ3) is 1.01. The first kappa shape index (κ1) is 7.18. The molecule has 1 heterocycles. The van der Waals surface area contributed by atoms with Crippen molar-refractivity contribution in [3.63, 3.8) is 0 Å². The van der Waals surface area contributed by atoms with E-state index in [1.165, 1.54) is 21.6 Å². The Morgan fingerprint density at radius 1 is 1.20 bits per heavy atom. The van der Waals surface area contributed by atoms with Crippen LogP contribution in [-0.4, -0.2) is 9.85 Å². The molecule has 0 saturated carbocycles. The van der Waals surface area contributed by atoms with Crippen molar-refractivity contribution in [2.75, 3.05) is 0 Å². The minimum Gasteiger partial charge on any atom is -0.412 e. The molecule has 0 amide bonds. The number of rotatable bonds is 0. The van der Waals surface area contributed by atoms with Crippen LogP contribution in [-0.2, 0) is 0 Å². The van der Waals surface area contributed by atoms with Crippen LogP contribution in [0.25, 0.3) is 10.1 Å². The van der Waals surface area contributed by atoms with Crippen molar-refractivity contribution in [3.05, 3.63) is 30.5 Å². The third-order valence-corrected chi connectivity index (χ3v) is 2.04. The second kappa shape index (κ2) is 2.77. The minimum absolute atomic E-state index is 0. The van der Waals surface area contributed by atoms with Gasteiger partial charge in [0.1, 0.15) is 0 Å². The van der Waals surface area contributed by atoms with Crippen LogP contribution in [0.15, 0.2) is 30.5 Å². The van der Waals surface area contributed by atoms with Crippen molar-refractivity contribution in [2.45, 2.75) is 0 Å². The lowest BCUT2D eigenvalue weighted by Crippen LogP contribution is -1.56. The molecule has 0 aliphatic heterocycles. The Hall–Kier alpha value is -0.930. The summed E-state index contributed by atoms with van der Waals surface area (Å²) in [6, 6.07) is 8.20. The summed E-state index contributed by atoms with van der Waals surface area (Å²) in [5, 5.41) is 1.24. The van der Waals surface area contributed by atoms with E-state index in [4.69, 9.17) is 0 Å². The molecule has 52 valence electrons. The van der Waals surface area contributed by atoms with Gasteiger partial charge in [-0.05, 0) is 17.6 Å². The molecular formula is C7H7NOS. The quantitative estimate of drug-likeness (QED) is 0.565. The molecule has 2 nitrogen and oxygen atoms in total. The van der Waals surface area contributed by atoms with Crippen molar-refractivity contribution >= 4 is 21.6 Å². The van der Waals surface area contributed by atoms with E-state index in [2.05, 4.69) is 16.5 Å². The Morgan fingerprint density at radius 3 is 2.80 bits per heavy atom. The van der Waals surface area contributed by atoms with Crippen LogP contribution in [0.2, 0.25) is 0 Å². The van der Waals surface area contributed by atoms with Crippen molar-refractivity contribution in [2.24, 2.45) is 0 Å². The Kier molecular flexibility index (Phi) is 1.99. The molecule has 0 aliphatic carbocycles. The molecule has 0 radical (unpaired) electrons. The smallest absolute Gasteiger partial charge is 0.0549 e. The third-order valence-electron chi connectivity index (χ3n) is 1.26. The first-order chi connectivity index (χ1) is 4.47. The molecule has 3 heteroatoms. The highest BCUT2D eigenvalue weighted by Gasteiger charge is 1.89. The van der Waals surface area contributed by atoms with Crippen molar-refractivity contribution in [1.82, 2.24) is 4.37 Å². The summed E-state index contributed by atoms with van der Waals surface area (Å²) in [5.74, 6) is 0. The maximum Gasteiger partial charge on any atom is 0.0549 e. The SMILES string of the molecule is O.c1ccc2sncc2c1. The minimum atomic E-state index is 0. The Morgan fingerprint density at radius 2 is 2.00 bits per heavy atom. The van der Waals surface area contributed by atoms with E-state index in [1.54, 1.807) is 0 Å². The zero-order valence-corrected chi connectivity index (χ0v) is 6.06. The van der Waals surface area contributed by atoms with E-state index in [9.17, 15) is 0 Å². The molecule has 0 saturated heterocycles. The molecule has 0 unspecified atom stereocenters. The standard InChI is InChI=1S/C7H5NS.H2O/c1-2-4-7-6(3-1)5-8-9-7;/h1-5H;1H2. The largest absolute Gasteiger partial charge is 0.412 e. The molecule has 0 aliphatic rings. The Labute approximate surface area is 62.6 Å². The number of hydrogen-bond donors (Lipinski definition) is 0. The van der Waals surface area contributed by atoms with Crippen LogP contribution in [0.1, 0.15) is 0 Å². The van der Waals surface area contributed by atoms with Gasteiger partial charge in [-0.3, -0.25) is 0 Å². The van der Waals surface area contributed by atoms with Gasteiger partial charge in [-0.15, -0.1) is 0 Å². The van der Waals surface area contributed by atoms with Crippen LogP contribution in [0.5, 0.6) is 0 Å². The van der Waals surface area contributed by atoms with E-state index in [-0.39, 0.29) is 5.48 Å². The molecule has 2 N–H and O–H groups in total. The zero-order valence-electron chi connectivity index (χ0n) is 5.24. The number of fused-ring (bicyclic) bond motifs is 1. The summed E-state index contributed by atoms with van der Waals surface area (Å²) in [4.78, 5) is 0. The zero-order chi connectivity index (χ0) is 6.10. The van der Waals surface area contributed by atoms with Crippen LogP contribution in [0.4, 0.5) is 0 Å². The summed E-state index contributed by atoms with van der Waals surface area (Å²) in [6.45, 7) is 0. The molecule has 1 aromatic carbocycles. The molecule has 0 bridgehead atoms. The highest BCUT2D eigenvalue weighted by molar-refractivity contribution is 7.13. The molecule has 1 aromatic heterocycles. The number of hydrogen-bond acceptors (Lipinski definition) is 2. The van der Waals surface area contributed by atoms with Gasteiger partial charge in [0.05, 0.1) is 4.70 Å². The van der Waals surface area contributed by atoms with Crippen LogP contribution >= 0.6 is 11.5 Å². The van der Waals surface area contributed by atoms with Crippen LogP contribution < -0.4 is 0 Å². The highest BCUT2D eigenvalue weighted by atomic mass is 32.1. The highest BCUT2D eigenvalue weighted by Crippen LogP contribution is 2.15. The lowest BCUT2D eigenvalue weighted by atomic mass is 10.3.